The van der Waals surface area contributed by atoms with Crippen molar-refractivity contribution < 1.29 is 9.53 Å². The number of carbonyl (C=O) groups is 1. The van der Waals surface area contributed by atoms with Gasteiger partial charge in [-0.05, 0) is 72.3 Å². The van der Waals surface area contributed by atoms with Crippen LogP contribution in [0, 0.1) is 17.8 Å². The molecule has 140 valence electrons. The first-order valence-electron chi connectivity index (χ1n) is 9.51. The van der Waals surface area contributed by atoms with Crippen LogP contribution in [-0.2, 0) is 4.74 Å². The van der Waals surface area contributed by atoms with Gasteiger partial charge in [0.25, 0.3) is 0 Å². The maximum Gasteiger partial charge on any atom is 0.337 e. The Kier molecular flexibility index (Phi) is 4.14. The van der Waals surface area contributed by atoms with E-state index < -0.39 is 0 Å². The fraction of sp³-hybridized carbons (Fsp3) is 0.409. The Morgan fingerprint density at radius 2 is 1.81 bits per heavy atom. The number of carbonyl (C=O) groups excluding carboxylic acids is 1. The number of benzene rings is 2. The molecule has 2 aliphatic carbocycles. The van der Waals surface area contributed by atoms with Crippen molar-refractivity contribution in [3.05, 3.63) is 63.1 Å². The molecule has 1 aliphatic heterocycles. The molecule has 5 atom stereocenters. The summed E-state index contributed by atoms with van der Waals surface area (Å²) in [7, 11) is 1.40. The normalized spacial score (nSPS) is 30.4. The zero-order chi connectivity index (χ0) is 18.7. The smallest absolute Gasteiger partial charge is 0.337 e. The predicted molar refractivity (Wildman–Crippen MR) is 108 cm³/mol. The van der Waals surface area contributed by atoms with Gasteiger partial charge in [0.05, 0.1) is 34.4 Å². The SMILES string of the molecule is COC(=O)c1ccc([C@@H]2Nc3c(ccc(Cl)c3Cl)[C@@H]3[C@H]4CC[C@@H](C4)[C@H]32)cc1. The summed E-state index contributed by atoms with van der Waals surface area (Å²) in [5, 5.41) is 4.91. The van der Waals surface area contributed by atoms with E-state index in [2.05, 4.69) is 11.4 Å². The minimum Gasteiger partial charge on any atom is -0.465 e. The van der Waals surface area contributed by atoms with Crippen LogP contribution in [0.15, 0.2) is 36.4 Å². The van der Waals surface area contributed by atoms with E-state index in [9.17, 15) is 4.79 Å². The highest BCUT2D eigenvalue weighted by Gasteiger charge is 2.54. The minimum atomic E-state index is -0.309. The van der Waals surface area contributed by atoms with Crippen molar-refractivity contribution in [2.45, 2.75) is 31.2 Å². The molecule has 0 spiro atoms. The van der Waals surface area contributed by atoms with E-state index in [4.69, 9.17) is 27.9 Å². The topological polar surface area (TPSA) is 38.3 Å². The summed E-state index contributed by atoms with van der Waals surface area (Å²) in [5.41, 5.74) is 4.07. The standard InChI is InChI=1S/C22H21Cl2NO2/c1-27-22(26)12-4-2-11(3-5-12)20-18-14-7-6-13(10-14)17(18)15-8-9-16(23)19(24)21(15)25-20/h2-5,8-9,13-14,17-18,20,25H,6-7,10H2,1H3/t13-,14-,17-,18+,20-/m0/s1. The van der Waals surface area contributed by atoms with Gasteiger partial charge >= 0.3 is 5.97 Å². The van der Waals surface area contributed by atoms with Gasteiger partial charge in [-0.15, -0.1) is 0 Å². The lowest BCUT2D eigenvalue weighted by molar-refractivity contribution is 0.0600. The first-order valence-corrected chi connectivity index (χ1v) is 10.3. The largest absolute Gasteiger partial charge is 0.465 e. The van der Waals surface area contributed by atoms with Crippen molar-refractivity contribution in [3.8, 4) is 0 Å². The molecule has 2 fully saturated rings. The molecule has 0 amide bonds. The average Bonchev–Trinajstić information content (AvgIpc) is 3.32. The molecule has 27 heavy (non-hydrogen) atoms. The lowest BCUT2D eigenvalue weighted by Gasteiger charge is -2.44. The zero-order valence-electron chi connectivity index (χ0n) is 15.0. The lowest BCUT2D eigenvalue weighted by atomic mass is 9.68. The number of nitrogens with one attached hydrogen (secondary N) is 1. The molecule has 5 rings (SSSR count). The third kappa shape index (κ3) is 2.59. The Bertz CT molecular complexity index is 911. The minimum absolute atomic E-state index is 0.181. The molecule has 0 radical (unpaired) electrons. The quantitative estimate of drug-likeness (QED) is 0.619. The van der Waals surface area contributed by atoms with Crippen LogP contribution < -0.4 is 5.32 Å². The summed E-state index contributed by atoms with van der Waals surface area (Å²) in [6.07, 6.45) is 3.91. The van der Waals surface area contributed by atoms with Crippen molar-refractivity contribution in [1.82, 2.24) is 0 Å². The summed E-state index contributed by atoms with van der Waals surface area (Å²) in [4.78, 5) is 11.8. The molecule has 3 nitrogen and oxygen atoms in total. The Morgan fingerprint density at radius 1 is 1.07 bits per heavy atom. The lowest BCUT2D eigenvalue weighted by Crippen LogP contribution is -2.35. The fourth-order valence-corrected chi connectivity index (χ4v) is 6.15. The monoisotopic (exact) mass is 401 g/mol. The van der Waals surface area contributed by atoms with Crippen LogP contribution in [0.5, 0.6) is 0 Å². The molecule has 0 saturated heterocycles. The molecule has 0 aromatic heterocycles. The number of rotatable bonds is 2. The third-order valence-electron chi connectivity index (χ3n) is 6.84. The van der Waals surface area contributed by atoms with Crippen LogP contribution in [-0.4, -0.2) is 13.1 Å². The number of esters is 1. The summed E-state index contributed by atoms with van der Waals surface area (Å²) in [5.74, 6) is 2.24. The van der Waals surface area contributed by atoms with Gasteiger partial charge in [-0.25, -0.2) is 4.79 Å². The second-order valence-electron chi connectivity index (χ2n) is 8.00. The average molecular weight is 402 g/mol. The molecule has 0 unspecified atom stereocenters. The van der Waals surface area contributed by atoms with Crippen LogP contribution in [0.3, 0.4) is 0 Å². The van der Waals surface area contributed by atoms with Gasteiger partial charge in [0.15, 0.2) is 0 Å². The molecule has 3 aliphatic rings. The highest BCUT2D eigenvalue weighted by Crippen LogP contribution is 2.64. The van der Waals surface area contributed by atoms with Crippen molar-refractivity contribution in [1.29, 1.82) is 0 Å². The van der Waals surface area contributed by atoms with Crippen LogP contribution in [0.2, 0.25) is 10.0 Å². The summed E-state index contributed by atoms with van der Waals surface area (Å²) in [6, 6.07) is 12.0. The Balaban J connectivity index is 1.58. The van der Waals surface area contributed by atoms with Gasteiger partial charge < -0.3 is 10.1 Å². The highest BCUT2D eigenvalue weighted by molar-refractivity contribution is 6.43. The zero-order valence-corrected chi connectivity index (χ0v) is 16.6. The van der Waals surface area contributed by atoms with E-state index in [1.54, 1.807) is 0 Å². The number of anilines is 1. The summed E-state index contributed by atoms with van der Waals surface area (Å²) in [6.45, 7) is 0. The van der Waals surface area contributed by atoms with Crippen LogP contribution >= 0.6 is 23.2 Å². The van der Waals surface area contributed by atoms with Gasteiger partial charge in [0.2, 0.25) is 0 Å². The predicted octanol–water partition coefficient (Wildman–Crippen LogP) is 6.08. The van der Waals surface area contributed by atoms with Gasteiger partial charge in [0.1, 0.15) is 0 Å². The van der Waals surface area contributed by atoms with E-state index in [1.165, 1.54) is 37.5 Å². The van der Waals surface area contributed by atoms with Crippen molar-refractivity contribution in [3.63, 3.8) is 0 Å². The molecule has 5 heteroatoms. The number of fused-ring (bicyclic) bond motifs is 7. The summed E-state index contributed by atoms with van der Waals surface area (Å²) >= 11 is 12.9. The maximum atomic E-state index is 11.8. The van der Waals surface area contributed by atoms with Crippen molar-refractivity contribution in [2.75, 3.05) is 12.4 Å². The van der Waals surface area contributed by atoms with Gasteiger partial charge in [-0.3, -0.25) is 0 Å². The molecule has 2 aromatic rings. The third-order valence-corrected chi connectivity index (χ3v) is 7.65. The van der Waals surface area contributed by atoms with Crippen molar-refractivity contribution >= 4 is 34.9 Å². The van der Waals surface area contributed by atoms with Gasteiger partial charge in [0, 0.05) is 0 Å². The number of hydrogen-bond donors (Lipinski definition) is 1. The van der Waals surface area contributed by atoms with Crippen molar-refractivity contribution in [2.24, 2.45) is 17.8 Å². The molecule has 2 saturated carbocycles. The van der Waals surface area contributed by atoms with E-state index in [0.717, 1.165) is 17.5 Å². The molecule has 1 N–H and O–H groups in total. The molecular formula is C22H21Cl2NO2. The Morgan fingerprint density at radius 3 is 2.56 bits per heavy atom. The number of methoxy groups -OCH3 is 1. The number of hydrogen-bond acceptors (Lipinski definition) is 3. The Hall–Kier alpha value is -1.71. The first kappa shape index (κ1) is 17.4. The second kappa shape index (κ2) is 6.42. The maximum absolute atomic E-state index is 11.8. The van der Waals surface area contributed by atoms with Crippen LogP contribution in [0.4, 0.5) is 5.69 Å². The highest BCUT2D eigenvalue weighted by atomic mass is 35.5. The van der Waals surface area contributed by atoms with Crippen LogP contribution in [0.1, 0.15) is 52.7 Å². The summed E-state index contributed by atoms with van der Waals surface area (Å²) < 4.78 is 4.82. The Labute approximate surface area is 169 Å². The van der Waals surface area contributed by atoms with E-state index in [-0.39, 0.29) is 12.0 Å². The number of halogens is 2. The first-order chi connectivity index (χ1) is 13.1. The number of ether oxygens (including phenoxy) is 1. The van der Waals surface area contributed by atoms with E-state index in [0.29, 0.717) is 27.4 Å². The van der Waals surface area contributed by atoms with E-state index >= 15 is 0 Å². The molecular weight excluding hydrogens is 381 g/mol. The van der Waals surface area contributed by atoms with Gasteiger partial charge in [-0.1, -0.05) is 41.4 Å². The fourth-order valence-electron chi connectivity index (χ4n) is 5.77. The molecule has 1 heterocycles. The van der Waals surface area contributed by atoms with E-state index in [1.807, 2.05) is 30.3 Å². The second-order valence-corrected chi connectivity index (χ2v) is 8.78. The van der Waals surface area contributed by atoms with Gasteiger partial charge in [-0.2, -0.15) is 0 Å². The van der Waals surface area contributed by atoms with Crippen LogP contribution in [0.25, 0.3) is 0 Å². The molecule has 2 aromatic carbocycles. The molecule has 2 bridgehead atoms.